The summed E-state index contributed by atoms with van der Waals surface area (Å²) in [6.45, 7) is 7.45. The number of nitrogens with zero attached hydrogens (tertiary/aromatic N) is 1. The lowest BCUT2D eigenvalue weighted by atomic mass is 9.80. The number of benzene rings is 1. The third kappa shape index (κ3) is 2.50. The summed E-state index contributed by atoms with van der Waals surface area (Å²) in [6, 6.07) is 1.29. The summed E-state index contributed by atoms with van der Waals surface area (Å²) in [7, 11) is 0. The van der Waals surface area contributed by atoms with Crippen LogP contribution in [0, 0.1) is 18.7 Å². The van der Waals surface area contributed by atoms with Crippen LogP contribution >= 0.6 is 0 Å². The van der Waals surface area contributed by atoms with Gasteiger partial charge < -0.3 is 5.32 Å². The van der Waals surface area contributed by atoms with E-state index >= 15 is 0 Å². The first-order valence-corrected chi connectivity index (χ1v) is 7.60. The largest absolute Gasteiger partial charge is 0.420 e. The van der Waals surface area contributed by atoms with Crippen molar-refractivity contribution >= 4 is 16.6 Å². The van der Waals surface area contributed by atoms with Gasteiger partial charge in [-0.2, -0.15) is 17.6 Å². The minimum absolute atomic E-state index is 0.0199. The SMILES string of the molecule is Cc1c2c(cc3c(C(F)(F)F)c(F)c(F)nc13)C(C)CC(C)(C)N2. The first-order chi connectivity index (χ1) is 10.9. The molecule has 1 unspecified atom stereocenters. The number of hydrogen-bond donors (Lipinski definition) is 1. The standard InChI is InChI=1S/C17H17F5N2/c1-7-6-16(3,4)24-14-8(2)13-10(5-9(7)14)11(17(20,21)22)12(18)15(19)23-13/h5,7,24H,6H2,1-4H3. The smallest absolute Gasteiger partial charge is 0.380 e. The molecule has 0 amide bonds. The van der Waals surface area contributed by atoms with Gasteiger partial charge in [0.2, 0.25) is 5.95 Å². The van der Waals surface area contributed by atoms with Crippen molar-refractivity contribution in [3.63, 3.8) is 0 Å². The van der Waals surface area contributed by atoms with E-state index in [2.05, 4.69) is 10.3 Å². The Kier molecular flexibility index (Phi) is 3.55. The highest BCUT2D eigenvalue weighted by atomic mass is 19.4. The predicted molar refractivity (Wildman–Crippen MR) is 82.1 cm³/mol. The number of nitrogens with one attached hydrogen (secondary N) is 1. The molecule has 0 fully saturated rings. The van der Waals surface area contributed by atoms with Crippen LogP contribution in [0.1, 0.15) is 49.8 Å². The Morgan fingerprint density at radius 3 is 2.46 bits per heavy atom. The van der Waals surface area contributed by atoms with E-state index in [-0.39, 0.29) is 17.0 Å². The number of alkyl halides is 3. The first kappa shape index (κ1) is 16.9. The Morgan fingerprint density at radius 2 is 1.88 bits per heavy atom. The van der Waals surface area contributed by atoms with Crippen LogP contribution in [-0.2, 0) is 6.18 Å². The van der Waals surface area contributed by atoms with Gasteiger partial charge in [0.25, 0.3) is 0 Å². The Bertz CT molecular complexity index is 839. The molecule has 0 saturated carbocycles. The maximum absolute atomic E-state index is 13.8. The fourth-order valence-electron chi connectivity index (χ4n) is 3.63. The van der Waals surface area contributed by atoms with Gasteiger partial charge in [0, 0.05) is 16.6 Å². The minimum atomic E-state index is -5.00. The molecule has 0 aliphatic carbocycles. The van der Waals surface area contributed by atoms with Gasteiger partial charge in [-0.05, 0) is 50.3 Å². The third-order valence-corrected chi connectivity index (χ3v) is 4.55. The Morgan fingerprint density at radius 1 is 1.25 bits per heavy atom. The molecule has 0 radical (unpaired) electrons. The predicted octanol–water partition coefficient (Wildman–Crippen LogP) is 5.54. The summed E-state index contributed by atoms with van der Waals surface area (Å²) >= 11 is 0. The van der Waals surface area contributed by atoms with Crippen molar-refractivity contribution in [2.45, 2.75) is 51.7 Å². The summed E-state index contributed by atoms with van der Waals surface area (Å²) in [5, 5.41) is 2.88. The zero-order valence-corrected chi connectivity index (χ0v) is 13.7. The fraction of sp³-hybridized carbons (Fsp3) is 0.471. The van der Waals surface area contributed by atoms with Crippen LogP contribution in [0.15, 0.2) is 6.07 Å². The van der Waals surface area contributed by atoms with Crippen LogP contribution in [0.4, 0.5) is 27.6 Å². The average molecular weight is 344 g/mol. The zero-order chi connectivity index (χ0) is 18.0. The number of halogens is 5. The maximum atomic E-state index is 13.8. The van der Waals surface area contributed by atoms with Gasteiger partial charge in [-0.25, -0.2) is 9.37 Å². The number of pyridine rings is 1. The van der Waals surface area contributed by atoms with E-state index in [0.717, 1.165) is 0 Å². The molecule has 7 heteroatoms. The van der Waals surface area contributed by atoms with Crippen LogP contribution in [0.3, 0.4) is 0 Å². The van der Waals surface area contributed by atoms with E-state index in [4.69, 9.17) is 0 Å². The van der Waals surface area contributed by atoms with E-state index < -0.39 is 28.9 Å². The summed E-state index contributed by atoms with van der Waals surface area (Å²) in [6.07, 6.45) is -4.29. The summed E-state index contributed by atoms with van der Waals surface area (Å²) < 4.78 is 67.4. The van der Waals surface area contributed by atoms with Crippen molar-refractivity contribution in [2.24, 2.45) is 0 Å². The van der Waals surface area contributed by atoms with Crippen LogP contribution in [0.5, 0.6) is 0 Å². The molecular formula is C17H17F5N2. The fourth-order valence-corrected chi connectivity index (χ4v) is 3.63. The minimum Gasteiger partial charge on any atom is -0.380 e. The number of aromatic nitrogens is 1. The van der Waals surface area contributed by atoms with Gasteiger partial charge in [-0.1, -0.05) is 6.92 Å². The molecule has 3 rings (SSSR count). The molecule has 1 aliphatic heterocycles. The molecule has 1 aromatic heterocycles. The lowest BCUT2D eigenvalue weighted by molar-refractivity contribution is -0.139. The van der Waals surface area contributed by atoms with Crippen molar-refractivity contribution in [2.75, 3.05) is 5.32 Å². The topological polar surface area (TPSA) is 24.9 Å². The molecule has 2 nitrogen and oxygen atoms in total. The number of aryl methyl sites for hydroxylation is 1. The summed E-state index contributed by atoms with van der Waals surface area (Å²) in [5.41, 5.74) is -0.302. The highest BCUT2D eigenvalue weighted by Crippen LogP contribution is 2.45. The second-order valence-electron chi connectivity index (χ2n) is 7.07. The van der Waals surface area contributed by atoms with Gasteiger partial charge in [0.05, 0.1) is 5.52 Å². The molecule has 24 heavy (non-hydrogen) atoms. The third-order valence-electron chi connectivity index (χ3n) is 4.55. The number of hydrogen-bond acceptors (Lipinski definition) is 2. The van der Waals surface area contributed by atoms with Crippen LogP contribution in [0.2, 0.25) is 0 Å². The second kappa shape index (κ2) is 5.04. The lowest BCUT2D eigenvalue weighted by Gasteiger charge is -2.39. The van der Waals surface area contributed by atoms with Gasteiger partial charge in [-0.15, -0.1) is 0 Å². The van der Waals surface area contributed by atoms with Crippen LogP contribution in [-0.4, -0.2) is 10.5 Å². The average Bonchev–Trinajstić information content (AvgIpc) is 2.41. The maximum Gasteiger partial charge on any atom is 0.420 e. The summed E-state index contributed by atoms with van der Waals surface area (Å²) in [5.74, 6) is -3.71. The molecule has 130 valence electrons. The molecular weight excluding hydrogens is 327 g/mol. The van der Waals surface area contributed by atoms with Crippen molar-refractivity contribution < 1.29 is 22.0 Å². The molecule has 2 heterocycles. The molecule has 2 aromatic rings. The normalized spacial score (nSPS) is 20.0. The van der Waals surface area contributed by atoms with Crippen molar-refractivity contribution in [3.8, 4) is 0 Å². The lowest BCUT2D eigenvalue weighted by Crippen LogP contribution is -2.37. The first-order valence-electron chi connectivity index (χ1n) is 7.60. The molecule has 1 aromatic carbocycles. The van der Waals surface area contributed by atoms with Crippen LogP contribution < -0.4 is 5.32 Å². The quantitative estimate of drug-likeness (QED) is 0.501. The summed E-state index contributed by atoms with van der Waals surface area (Å²) in [4.78, 5) is 3.45. The Hall–Kier alpha value is -1.92. The van der Waals surface area contributed by atoms with Crippen LogP contribution in [0.25, 0.3) is 10.9 Å². The number of anilines is 1. The van der Waals surface area contributed by atoms with Crippen molar-refractivity contribution in [1.82, 2.24) is 4.98 Å². The molecule has 1 aliphatic rings. The van der Waals surface area contributed by atoms with E-state index in [9.17, 15) is 22.0 Å². The van der Waals surface area contributed by atoms with E-state index in [1.165, 1.54) is 6.07 Å². The number of fused-ring (bicyclic) bond motifs is 2. The van der Waals surface area contributed by atoms with E-state index in [0.29, 0.717) is 23.2 Å². The van der Waals surface area contributed by atoms with E-state index in [1.807, 2.05) is 20.8 Å². The molecule has 0 bridgehead atoms. The Balaban J connectivity index is 2.44. The van der Waals surface area contributed by atoms with Gasteiger partial charge in [0.15, 0.2) is 5.82 Å². The van der Waals surface area contributed by atoms with Gasteiger partial charge in [0.1, 0.15) is 5.56 Å². The van der Waals surface area contributed by atoms with Crippen molar-refractivity contribution in [1.29, 1.82) is 0 Å². The Labute approximate surface area is 136 Å². The van der Waals surface area contributed by atoms with Gasteiger partial charge >= 0.3 is 6.18 Å². The molecule has 1 atom stereocenters. The monoisotopic (exact) mass is 344 g/mol. The highest BCUT2D eigenvalue weighted by Gasteiger charge is 2.40. The highest BCUT2D eigenvalue weighted by molar-refractivity contribution is 5.92. The molecule has 1 N–H and O–H groups in total. The number of rotatable bonds is 0. The van der Waals surface area contributed by atoms with E-state index in [1.54, 1.807) is 6.92 Å². The molecule has 0 spiro atoms. The van der Waals surface area contributed by atoms with Crippen molar-refractivity contribution in [3.05, 3.63) is 34.5 Å². The van der Waals surface area contributed by atoms with Gasteiger partial charge in [-0.3, -0.25) is 0 Å². The molecule has 0 saturated heterocycles. The second-order valence-corrected chi connectivity index (χ2v) is 7.07. The zero-order valence-electron chi connectivity index (χ0n) is 13.7.